The third kappa shape index (κ3) is 1.49. The van der Waals surface area contributed by atoms with Crippen molar-refractivity contribution in [3.8, 4) is 0 Å². The van der Waals surface area contributed by atoms with Gasteiger partial charge in [-0.15, -0.1) is 11.3 Å². The molecule has 5 heteroatoms. The lowest BCUT2D eigenvalue weighted by molar-refractivity contribution is 0.0697. The lowest BCUT2D eigenvalue weighted by atomic mass is 9.97. The van der Waals surface area contributed by atoms with Crippen LogP contribution in [0.3, 0.4) is 0 Å². The smallest absolute Gasteiger partial charge is 0.338 e. The molecule has 1 atom stereocenters. The Morgan fingerprint density at radius 3 is 3.07 bits per heavy atom. The Morgan fingerprint density at radius 1 is 1.71 bits per heavy atom. The van der Waals surface area contributed by atoms with Crippen molar-refractivity contribution in [2.24, 2.45) is 0 Å². The molecule has 4 N–H and O–H groups in total. The third-order valence-electron chi connectivity index (χ3n) is 2.56. The Balaban J connectivity index is 2.37. The van der Waals surface area contributed by atoms with Crippen LogP contribution in [0.15, 0.2) is 5.38 Å². The van der Waals surface area contributed by atoms with Crippen molar-refractivity contribution in [1.29, 1.82) is 0 Å². The van der Waals surface area contributed by atoms with Crippen molar-refractivity contribution < 1.29 is 9.90 Å². The summed E-state index contributed by atoms with van der Waals surface area (Å²) in [5.74, 6) is -0.597. The lowest BCUT2D eigenvalue weighted by Crippen LogP contribution is -2.10. The molecule has 76 valence electrons. The molecule has 0 aliphatic carbocycles. The van der Waals surface area contributed by atoms with Crippen molar-refractivity contribution in [3.63, 3.8) is 0 Å². The van der Waals surface area contributed by atoms with Crippen LogP contribution in [0.1, 0.15) is 28.3 Å². The normalized spacial score (nSPS) is 21.3. The molecular weight excluding hydrogens is 200 g/mol. The predicted octanol–water partition coefficient (Wildman–Crippen LogP) is 1.11. The quantitative estimate of drug-likeness (QED) is 0.686. The SMILES string of the molecule is Nc1scc(C2CCNC2)c1C(=O)O. The van der Waals surface area contributed by atoms with Crippen molar-refractivity contribution in [2.75, 3.05) is 18.8 Å². The second kappa shape index (κ2) is 3.59. The fourth-order valence-corrected chi connectivity index (χ4v) is 2.72. The van der Waals surface area contributed by atoms with Crippen LogP contribution in [-0.4, -0.2) is 24.2 Å². The van der Waals surface area contributed by atoms with Gasteiger partial charge in [0, 0.05) is 6.54 Å². The summed E-state index contributed by atoms with van der Waals surface area (Å²) in [6.45, 7) is 1.82. The average Bonchev–Trinajstić information content (AvgIpc) is 2.70. The van der Waals surface area contributed by atoms with Crippen LogP contribution in [0.5, 0.6) is 0 Å². The molecule has 2 rings (SSSR count). The molecule has 1 aliphatic heterocycles. The zero-order valence-electron chi connectivity index (χ0n) is 7.62. The molecule has 0 radical (unpaired) electrons. The molecule has 0 spiro atoms. The Labute approximate surface area is 85.7 Å². The Hall–Kier alpha value is -1.07. The minimum absolute atomic E-state index is 0.309. The van der Waals surface area contributed by atoms with E-state index in [0.29, 0.717) is 16.5 Å². The second-order valence-electron chi connectivity index (χ2n) is 3.43. The van der Waals surface area contributed by atoms with Gasteiger partial charge in [-0.05, 0) is 29.8 Å². The van der Waals surface area contributed by atoms with Gasteiger partial charge < -0.3 is 16.2 Å². The highest BCUT2D eigenvalue weighted by atomic mass is 32.1. The number of nitrogens with one attached hydrogen (secondary N) is 1. The first-order valence-corrected chi connectivity index (χ1v) is 5.39. The molecule has 1 aromatic rings. The number of nitrogen functional groups attached to an aromatic ring is 1. The minimum atomic E-state index is -0.911. The van der Waals surface area contributed by atoms with Crippen molar-refractivity contribution >= 4 is 22.3 Å². The van der Waals surface area contributed by atoms with E-state index in [0.717, 1.165) is 25.1 Å². The zero-order valence-corrected chi connectivity index (χ0v) is 8.43. The van der Waals surface area contributed by atoms with Crippen molar-refractivity contribution in [1.82, 2.24) is 5.32 Å². The van der Waals surface area contributed by atoms with Gasteiger partial charge in [-0.2, -0.15) is 0 Å². The van der Waals surface area contributed by atoms with Gasteiger partial charge >= 0.3 is 5.97 Å². The number of hydrogen-bond acceptors (Lipinski definition) is 4. The van der Waals surface area contributed by atoms with Gasteiger partial charge in [0.2, 0.25) is 0 Å². The number of aromatic carboxylic acids is 1. The van der Waals surface area contributed by atoms with Crippen LogP contribution >= 0.6 is 11.3 Å². The largest absolute Gasteiger partial charge is 0.478 e. The maximum atomic E-state index is 11.0. The van der Waals surface area contributed by atoms with Crippen LogP contribution < -0.4 is 11.1 Å². The first kappa shape index (κ1) is 9.48. The predicted molar refractivity (Wildman–Crippen MR) is 55.9 cm³/mol. The summed E-state index contributed by atoms with van der Waals surface area (Å²) in [5.41, 5.74) is 6.83. The van der Waals surface area contributed by atoms with E-state index in [1.807, 2.05) is 5.38 Å². The van der Waals surface area contributed by atoms with Gasteiger partial charge in [-0.1, -0.05) is 0 Å². The molecular formula is C9H12N2O2S. The van der Waals surface area contributed by atoms with Crippen molar-refractivity contribution in [3.05, 3.63) is 16.5 Å². The number of hydrogen-bond donors (Lipinski definition) is 3. The Morgan fingerprint density at radius 2 is 2.50 bits per heavy atom. The summed E-state index contributed by atoms with van der Waals surface area (Å²) in [5, 5.41) is 14.5. The molecule has 0 amide bonds. The summed E-state index contributed by atoms with van der Waals surface area (Å²) < 4.78 is 0. The number of nitrogens with two attached hydrogens (primary N) is 1. The Kier molecular flexibility index (Phi) is 2.43. The van der Waals surface area contributed by atoms with Crippen molar-refractivity contribution in [2.45, 2.75) is 12.3 Å². The van der Waals surface area contributed by atoms with E-state index in [2.05, 4.69) is 5.32 Å². The van der Waals surface area contributed by atoms with Crippen LogP contribution in [0.4, 0.5) is 5.00 Å². The zero-order chi connectivity index (χ0) is 10.1. The summed E-state index contributed by atoms with van der Waals surface area (Å²) in [6, 6.07) is 0. The third-order valence-corrected chi connectivity index (χ3v) is 3.39. The number of rotatable bonds is 2. The highest BCUT2D eigenvalue weighted by Gasteiger charge is 2.25. The fraction of sp³-hybridized carbons (Fsp3) is 0.444. The highest BCUT2D eigenvalue weighted by Crippen LogP contribution is 2.33. The van der Waals surface area contributed by atoms with Crippen LogP contribution in [0.25, 0.3) is 0 Å². The topological polar surface area (TPSA) is 75.3 Å². The van der Waals surface area contributed by atoms with E-state index in [1.54, 1.807) is 0 Å². The monoisotopic (exact) mass is 212 g/mol. The summed E-state index contributed by atoms with van der Waals surface area (Å²) in [6.07, 6.45) is 0.996. The number of carboxylic acid groups (broad SMARTS) is 1. The van der Waals surface area contributed by atoms with Gasteiger partial charge in [0.1, 0.15) is 5.00 Å². The van der Waals surface area contributed by atoms with Gasteiger partial charge in [-0.25, -0.2) is 4.79 Å². The van der Waals surface area contributed by atoms with Crippen LogP contribution in [-0.2, 0) is 0 Å². The van der Waals surface area contributed by atoms with Gasteiger partial charge in [-0.3, -0.25) is 0 Å². The number of anilines is 1. The van der Waals surface area contributed by atoms with E-state index in [-0.39, 0.29) is 0 Å². The molecule has 4 nitrogen and oxygen atoms in total. The second-order valence-corrected chi connectivity index (χ2v) is 4.34. The molecule has 1 saturated heterocycles. The molecule has 1 aliphatic rings. The highest BCUT2D eigenvalue weighted by molar-refractivity contribution is 7.14. The van der Waals surface area contributed by atoms with E-state index in [1.165, 1.54) is 11.3 Å². The van der Waals surface area contributed by atoms with E-state index < -0.39 is 5.97 Å². The first-order chi connectivity index (χ1) is 6.70. The van der Waals surface area contributed by atoms with Crippen LogP contribution in [0, 0.1) is 0 Å². The molecule has 1 unspecified atom stereocenters. The first-order valence-electron chi connectivity index (χ1n) is 4.51. The summed E-state index contributed by atoms with van der Waals surface area (Å²) in [4.78, 5) is 11.0. The number of carboxylic acids is 1. The molecule has 2 heterocycles. The molecule has 0 aromatic carbocycles. The number of carbonyl (C=O) groups is 1. The molecule has 1 fully saturated rings. The molecule has 1 aromatic heterocycles. The maximum absolute atomic E-state index is 11.0. The minimum Gasteiger partial charge on any atom is -0.478 e. The molecule has 0 bridgehead atoms. The summed E-state index contributed by atoms with van der Waals surface area (Å²) >= 11 is 1.32. The van der Waals surface area contributed by atoms with Gasteiger partial charge in [0.05, 0.1) is 5.56 Å². The van der Waals surface area contributed by atoms with E-state index >= 15 is 0 Å². The van der Waals surface area contributed by atoms with Gasteiger partial charge in [0.15, 0.2) is 0 Å². The summed E-state index contributed by atoms with van der Waals surface area (Å²) in [7, 11) is 0. The van der Waals surface area contributed by atoms with E-state index in [9.17, 15) is 4.79 Å². The fourth-order valence-electron chi connectivity index (χ4n) is 1.84. The van der Waals surface area contributed by atoms with E-state index in [4.69, 9.17) is 10.8 Å². The van der Waals surface area contributed by atoms with Crippen LogP contribution in [0.2, 0.25) is 0 Å². The maximum Gasteiger partial charge on any atom is 0.338 e. The standard InChI is InChI=1S/C9H12N2O2S/c10-8-7(9(12)13)6(4-14-8)5-1-2-11-3-5/h4-5,11H,1-3,10H2,(H,12,13). The molecule has 14 heavy (non-hydrogen) atoms. The average molecular weight is 212 g/mol. The number of thiophene rings is 1. The lowest BCUT2D eigenvalue weighted by Gasteiger charge is -2.07. The molecule has 0 saturated carbocycles. The van der Waals surface area contributed by atoms with Gasteiger partial charge in [0.25, 0.3) is 0 Å². The Bertz CT molecular complexity index is 356.